The fraction of sp³-hybridized carbons (Fsp3) is 0.220. The molecule has 5 aromatic rings. The van der Waals surface area contributed by atoms with Crippen molar-refractivity contribution < 1.29 is 0 Å². The van der Waals surface area contributed by atoms with Crippen molar-refractivity contribution in [3.63, 3.8) is 0 Å². The largest absolute Gasteiger partial charge is 0.372 e. The van der Waals surface area contributed by atoms with E-state index in [2.05, 4.69) is 154 Å². The second kappa shape index (κ2) is 15.2. The Morgan fingerprint density at radius 2 is 0.933 bits per heavy atom. The number of benzene rings is 3. The van der Waals surface area contributed by atoms with E-state index < -0.39 is 0 Å². The maximum atomic E-state index is 4.98. The third-order valence-corrected chi connectivity index (χ3v) is 8.11. The van der Waals surface area contributed by atoms with Crippen molar-refractivity contribution in [2.24, 2.45) is 0 Å². The maximum absolute atomic E-state index is 4.98. The molecule has 0 N–H and O–H groups in total. The Bertz CT molecular complexity index is 1820. The highest BCUT2D eigenvalue weighted by molar-refractivity contribution is 6.03. The Labute approximate surface area is 268 Å². The van der Waals surface area contributed by atoms with Gasteiger partial charge in [0.05, 0.1) is 22.4 Å². The van der Waals surface area contributed by atoms with Gasteiger partial charge in [0.25, 0.3) is 0 Å². The Balaban J connectivity index is 1.29. The lowest BCUT2D eigenvalue weighted by atomic mass is 10.1. The fourth-order valence-electron chi connectivity index (χ4n) is 5.63. The third kappa shape index (κ3) is 7.96. The molecule has 0 radical (unpaired) electrons. The lowest BCUT2D eigenvalue weighted by Crippen LogP contribution is -2.30. The third-order valence-electron chi connectivity index (χ3n) is 8.11. The number of hydrogen-bond acceptors (Lipinski definition) is 4. The van der Waals surface area contributed by atoms with Gasteiger partial charge >= 0.3 is 0 Å². The molecule has 0 amide bonds. The van der Waals surface area contributed by atoms with E-state index in [9.17, 15) is 0 Å². The van der Waals surface area contributed by atoms with Crippen molar-refractivity contribution in [3.05, 3.63) is 132 Å². The zero-order valence-electron chi connectivity index (χ0n) is 27.2. The van der Waals surface area contributed by atoms with E-state index in [4.69, 9.17) is 9.97 Å². The predicted molar refractivity (Wildman–Crippen MR) is 198 cm³/mol. The quantitative estimate of drug-likeness (QED) is 0.107. The molecule has 0 unspecified atom stereocenters. The average molecular weight is 593 g/mol. The first-order valence-electron chi connectivity index (χ1n) is 16.1. The smallest absolute Gasteiger partial charge is 0.0972 e. The van der Waals surface area contributed by atoms with Gasteiger partial charge in [-0.15, -0.1) is 0 Å². The van der Waals surface area contributed by atoms with Crippen LogP contribution in [0.2, 0.25) is 0 Å². The van der Waals surface area contributed by atoms with Crippen molar-refractivity contribution in [1.82, 2.24) is 9.97 Å². The highest BCUT2D eigenvalue weighted by atomic mass is 15.1. The van der Waals surface area contributed by atoms with Gasteiger partial charge in [0.1, 0.15) is 0 Å². The van der Waals surface area contributed by atoms with Crippen LogP contribution in [0.4, 0.5) is 11.4 Å². The minimum atomic E-state index is 0.484. The number of pyridine rings is 2. The monoisotopic (exact) mass is 592 g/mol. The summed E-state index contributed by atoms with van der Waals surface area (Å²) in [5, 5.41) is 2.17. The van der Waals surface area contributed by atoms with E-state index in [1.807, 2.05) is 24.3 Å². The molecule has 0 saturated heterocycles. The van der Waals surface area contributed by atoms with Gasteiger partial charge in [0.2, 0.25) is 0 Å². The van der Waals surface area contributed by atoms with Gasteiger partial charge in [-0.2, -0.15) is 0 Å². The summed E-state index contributed by atoms with van der Waals surface area (Å²) in [6, 6.07) is 30.5. The fourth-order valence-corrected chi connectivity index (χ4v) is 5.63. The van der Waals surface area contributed by atoms with Crippen LogP contribution < -0.4 is 9.80 Å². The molecule has 2 aromatic heterocycles. The zero-order chi connectivity index (χ0) is 31.6. The minimum Gasteiger partial charge on any atom is -0.372 e. The highest BCUT2D eigenvalue weighted by Crippen LogP contribution is 2.24. The molecule has 4 heteroatoms. The summed E-state index contributed by atoms with van der Waals surface area (Å²) in [5.41, 5.74) is 8.51. The van der Waals surface area contributed by atoms with Gasteiger partial charge in [-0.1, -0.05) is 85.0 Å². The summed E-state index contributed by atoms with van der Waals surface area (Å²) in [5.74, 6) is 0. The number of anilines is 2. The van der Waals surface area contributed by atoms with Gasteiger partial charge < -0.3 is 9.80 Å². The lowest BCUT2D eigenvalue weighted by molar-refractivity contribution is 0.704. The Morgan fingerprint density at radius 3 is 1.36 bits per heavy atom. The van der Waals surface area contributed by atoms with E-state index in [1.165, 1.54) is 22.5 Å². The molecule has 0 aliphatic heterocycles. The molecule has 3 aromatic carbocycles. The zero-order valence-corrected chi connectivity index (χ0v) is 27.2. The van der Waals surface area contributed by atoms with E-state index in [0.717, 1.165) is 52.8 Å². The molecule has 0 atom stereocenters. The van der Waals surface area contributed by atoms with E-state index in [0.29, 0.717) is 6.04 Å². The Morgan fingerprint density at radius 1 is 0.511 bits per heavy atom. The van der Waals surface area contributed by atoms with Crippen molar-refractivity contribution in [3.8, 4) is 0 Å². The summed E-state index contributed by atoms with van der Waals surface area (Å²) in [7, 11) is 0. The van der Waals surface area contributed by atoms with Crippen LogP contribution in [0.15, 0.2) is 109 Å². The first kappa shape index (κ1) is 31.5. The molecule has 0 aliphatic rings. The first-order chi connectivity index (χ1) is 22.0. The van der Waals surface area contributed by atoms with Gasteiger partial charge in [0, 0.05) is 47.8 Å². The van der Waals surface area contributed by atoms with Crippen molar-refractivity contribution in [1.29, 1.82) is 0 Å². The number of allylic oxidation sites excluding steroid dienone is 4. The van der Waals surface area contributed by atoms with Crippen LogP contribution in [0.5, 0.6) is 0 Å². The number of aromatic nitrogens is 2. The number of hydrogen-bond donors (Lipinski definition) is 0. The normalized spacial score (nSPS) is 12.2. The Kier molecular flexibility index (Phi) is 10.6. The van der Waals surface area contributed by atoms with Crippen molar-refractivity contribution in [2.45, 2.75) is 40.7 Å². The number of fused-ring (bicyclic) bond motifs is 3. The van der Waals surface area contributed by atoms with E-state index in [-0.39, 0.29) is 0 Å². The van der Waals surface area contributed by atoms with Crippen LogP contribution >= 0.6 is 0 Å². The van der Waals surface area contributed by atoms with Gasteiger partial charge in [-0.3, -0.25) is 0 Å². The summed E-state index contributed by atoms with van der Waals surface area (Å²) in [6.07, 6.45) is 16.6. The summed E-state index contributed by atoms with van der Waals surface area (Å²) in [4.78, 5) is 14.7. The highest BCUT2D eigenvalue weighted by Gasteiger charge is 2.08. The molecule has 4 nitrogen and oxygen atoms in total. The molecule has 5 rings (SSSR count). The molecule has 0 spiro atoms. The topological polar surface area (TPSA) is 32.3 Å². The van der Waals surface area contributed by atoms with Crippen LogP contribution in [0.3, 0.4) is 0 Å². The van der Waals surface area contributed by atoms with Crippen molar-refractivity contribution in [2.75, 3.05) is 29.4 Å². The standard InChI is InChI=1S/C41H44N4/c1-6-44(7-2)38-27-17-32(18-28-38)13-9-11-15-36-25-23-34-21-22-35-24-26-37(43-41(35)40(34)42-36)16-12-10-14-33-19-29-39(30-20-33)45(8-3)31(4)5/h9-31H,6-8H2,1-5H3/b13-9+,14-10+,15-11+,16-12+. The predicted octanol–water partition coefficient (Wildman–Crippen LogP) is 10.3. The molecule has 0 aliphatic carbocycles. The van der Waals surface area contributed by atoms with Crippen LogP contribution in [0, 0.1) is 0 Å². The molecule has 0 fully saturated rings. The van der Waals surface area contributed by atoms with E-state index in [1.54, 1.807) is 0 Å². The lowest BCUT2D eigenvalue weighted by Gasteiger charge is -2.27. The van der Waals surface area contributed by atoms with Gasteiger partial charge in [-0.05, 0) is 94.3 Å². The van der Waals surface area contributed by atoms with Crippen LogP contribution in [0.25, 0.3) is 46.1 Å². The SMILES string of the molecule is CCN(CC)c1ccc(/C=C/C=C/c2ccc3ccc4ccc(/C=C/C=C/c5ccc(N(CC)C(C)C)cc5)nc4c3n2)cc1. The number of rotatable bonds is 12. The van der Waals surface area contributed by atoms with Crippen LogP contribution in [-0.2, 0) is 0 Å². The average Bonchev–Trinajstić information content (AvgIpc) is 3.07. The molecule has 228 valence electrons. The first-order valence-corrected chi connectivity index (χ1v) is 16.1. The minimum absolute atomic E-state index is 0.484. The maximum Gasteiger partial charge on any atom is 0.0972 e. The molecular formula is C41H44N4. The summed E-state index contributed by atoms with van der Waals surface area (Å²) >= 11 is 0. The second-order valence-electron chi connectivity index (χ2n) is 11.4. The second-order valence-corrected chi connectivity index (χ2v) is 11.4. The molecular weight excluding hydrogens is 548 g/mol. The van der Waals surface area contributed by atoms with E-state index >= 15 is 0 Å². The van der Waals surface area contributed by atoms with Crippen LogP contribution in [0.1, 0.15) is 57.1 Å². The van der Waals surface area contributed by atoms with Crippen LogP contribution in [-0.4, -0.2) is 35.6 Å². The summed E-state index contributed by atoms with van der Waals surface area (Å²) in [6.45, 7) is 14.1. The molecule has 0 bridgehead atoms. The Hall–Kier alpha value is -4.96. The molecule has 45 heavy (non-hydrogen) atoms. The number of nitrogens with zero attached hydrogens (tertiary/aromatic N) is 4. The molecule has 0 saturated carbocycles. The van der Waals surface area contributed by atoms with Gasteiger partial charge in [0.15, 0.2) is 0 Å². The van der Waals surface area contributed by atoms with Gasteiger partial charge in [-0.25, -0.2) is 9.97 Å². The molecule has 2 heterocycles. The van der Waals surface area contributed by atoms with Crippen molar-refractivity contribution >= 4 is 57.5 Å². The summed E-state index contributed by atoms with van der Waals surface area (Å²) < 4.78 is 0.